The van der Waals surface area contributed by atoms with E-state index in [1.165, 1.54) is 0 Å². The summed E-state index contributed by atoms with van der Waals surface area (Å²) in [5.41, 5.74) is 0.819. The fourth-order valence-electron chi connectivity index (χ4n) is 1.04. The van der Waals surface area contributed by atoms with Gasteiger partial charge in [0.2, 0.25) is 5.91 Å². The molecule has 1 N–H and O–H groups in total. The highest BCUT2D eigenvalue weighted by Crippen LogP contribution is 2.12. The third-order valence-corrected chi connectivity index (χ3v) is 1.98. The molecule has 0 aromatic heterocycles. The molecule has 1 amide bonds. The predicted molar refractivity (Wildman–Crippen MR) is 59.9 cm³/mol. The maximum atomic E-state index is 11.5. The van der Waals surface area contributed by atoms with Gasteiger partial charge in [-0.25, -0.2) is 0 Å². The van der Waals surface area contributed by atoms with Crippen molar-refractivity contribution in [2.24, 2.45) is 5.41 Å². The standard InChI is InChI=1S/C12H17NO.H2/c1-12(2,3)11(14)13-9-10-7-5-4-6-8-10;/h4-8H,9H2,1-3H3,(H,13,14);1H. The molecule has 0 spiro atoms. The van der Waals surface area contributed by atoms with Crippen molar-refractivity contribution in [2.45, 2.75) is 27.3 Å². The van der Waals surface area contributed by atoms with Gasteiger partial charge in [-0.05, 0) is 5.56 Å². The van der Waals surface area contributed by atoms with Gasteiger partial charge in [0.05, 0.1) is 0 Å². The fourth-order valence-corrected chi connectivity index (χ4v) is 1.04. The van der Waals surface area contributed by atoms with Gasteiger partial charge in [-0.15, -0.1) is 0 Å². The molecule has 0 fully saturated rings. The molecule has 14 heavy (non-hydrogen) atoms. The molecule has 1 rings (SSSR count). The molecule has 78 valence electrons. The lowest BCUT2D eigenvalue weighted by atomic mass is 9.95. The van der Waals surface area contributed by atoms with Crippen molar-refractivity contribution in [3.8, 4) is 0 Å². The lowest BCUT2D eigenvalue weighted by Gasteiger charge is -2.17. The van der Waals surface area contributed by atoms with E-state index in [4.69, 9.17) is 0 Å². The molecule has 1 aromatic carbocycles. The van der Waals surface area contributed by atoms with Crippen LogP contribution < -0.4 is 5.32 Å². The summed E-state index contributed by atoms with van der Waals surface area (Å²) in [6.45, 7) is 6.34. The Hall–Kier alpha value is -1.31. The van der Waals surface area contributed by atoms with E-state index in [-0.39, 0.29) is 12.7 Å². The average Bonchev–Trinajstić information content (AvgIpc) is 2.14. The Kier molecular flexibility index (Phi) is 3.28. The first-order chi connectivity index (χ1) is 6.50. The molecule has 0 aliphatic rings. The number of hydrogen-bond donors (Lipinski definition) is 1. The van der Waals surface area contributed by atoms with Gasteiger partial charge in [-0.1, -0.05) is 51.1 Å². The number of rotatable bonds is 2. The SMILES string of the molecule is CC(C)(C)C(=O)NCc1ccccc1.[HH]. The summed E-state index contributed by atoms with van der Waals surface area (Å²) in [5, 5.41) is 2.90. The quantitative estimate of drug-likeness (QED) is 0.768. The second-order valence-electron chi connectivity index (χ2n) is 4.42. The van der Waals surface area contributed by atoms with Gasteiger partial charge in [0.1, 0.15) is 0 Å². The summed E-state index contributed by atoms with van der Waals surface area (Å²) in [4.78, 5) is 11.5. The van der Waals surface area contributed by atoms with Crippen LogP contribution in [0.15, 0.2) is 30.3 Å². The highest BCUT2D eigenvalue weighted by atomic mass is 16.2. The van der Waals surface area contributed by atoms with Crippen molar-refractivity contribution in [1.82, 2.24) is 5.32 Å². The zero-order valence-electron chi connectivity index (χ0n) is 9.00. The number of carbonyl (C=O) groups excluding carboxylic acids is 1. The number of carbonyl (C=O) groups is 1. The molecule has 2 heteroatoms. The molecule has 0 saturated carbocycles. The normalized spacial score (nSPS) is 11.1. The van der Waals surface area contributed by atoms with E-state index in [9.17, 15) is 4.79 Å². The Balaban J connectivity index is 0.00000196. The van der Waals surface area contributed by atoms with Crippen molar-refractivity contribution in [2.75, 3.05) is 0 Å². The third-order valence-electron chi connectivity index (χ3n) is 1.98. The Morgan fingerprint density at radius 2 is 1.86 bits per heavy atom. The highest BCUT2D eigenvalue weighted by molar-refractivity contribution is 5.81. The summed E-state index contributed by atoms with van der Waals surface area (Å²) in [6.07, 6.45) is 0. The molecule has 2 nitrogen and oxygen atoms in total. The maximum absolute atomic E-state index is 11.5. The molecular weight excluding hydrogens is 174 g/mol. The van der Waals surface area contributed by atoms with E-state index in [2.05, 4.69) is 5.32 Å². The highest BCUT2D eigenvalue weighted by Gasteiger charge is 2.20. The molecule has 0 bridgehead atoms. The maximum Gasteiger partial charge on any atom is 0.225 e. The van der Waals surface area contributed by atoms with Crippen LogP contribution in [0.25, 0.3) is 0 Å². The van der Waals surface area contributed by atoms with Gasteiger partial charge in [0.25, 0.3) is 0 Å². The Morgan fingerprint density at radius 3 is 2.36 bits per heavy atom. The van der Waals surface area contributed by atoms with Crippen LogP contribution in [-0.4, -0.2) is 5.91 Å². The minimum Gasteiger partial charge on any atom is -0.352 e. The fraction of sp³-hybridized carbons (Fsp3) is 0.417. The van der Waals surface area contributed by atoms with E-state index in [0.717, 1.165) is 5.56 Å². The minimum atomic E-state index is -0.311. The summed E-state index contributed by atoms with van der Waals surface area (Å²) in [6, 6.07) is 9.91. The largest absolute Gasteiger partial charge is 0.352 e. The Morgan fingerprint density at radius 1 is 1.29 bits per heavy atom. The number of nitrogens with one attached hydrogen (secondary N) is 1. The summed E-state index contributed by atoms with van der Waals surface area (Å²) in [5.74, 6) is 0.0846. The zero-order valence-corrected chi connectivity index (χ0v) is 9.00. The van der Waals surface area contributed by atoms with Crippen LogP contribution in [0, 0.1) is 5.41 Å². The van der Waals surface area contributed by atoms with E-state index in [1.54, 1.807) is 0 Å². The number of amides is 1. The molecule has 0 radical (unpaired) electrons. The number of benzene rings is 1. The van der Waals surface area contributed by atoms with Gasteiger partial charge < -0.3 is 5.32 Å². The molecule has 0 unspecified atom stereocenters. The van der Waals surface area contributed by atoms with Crippen LogP contribution in [0.2, 0.25) is 0 Å². The predicted octanol–water partition coefficient (Wildman–Crippen LogP) is 2.59. The van der Waals surface area contributed by atoms with E-state index in [1.807, 2.05) is 51.1 Å². The molecule has 0 aliphatic carbocycles. The van der Waals surface area contributed by atoms with Crippen LogP contribution in [0.5, 0.6) is 0 Å². The first kappa shape index (κ1) is 10.8. The Bertz CT molecular complexity index is 303. The minimum absolute atomic E-state index is 0. The lowest BCUT2D eigenvalue weighted by Crippen LogP contribution is -2.34. The van der Waals surface area contributed by atoms with Gasteiger partial charge in [0, 0.05) is 13.4 Å². The topological polar surface area (TPSA) is 29.1 Å². The third kappa shape index (κ3) is 3.21. The van der Waals surface area contributed by atoms with Crippen molar-refractivity contribution in [3.05, 3.63) is 35.9 Å². The molecule has 0 aliphatic heterocycles. The molecular formula is C12H19NO. The lowest BCUT2D eigenvalue weighted by molar-refractivity contribution is -0.128. The van der Waals surface area contributed by atoms with E-state index >= 15 is 0 Å². The van der Waals surface area contributed by atoms with E-state index < -0.39 is 0 Å². The van der Waals surface area contributed by atoms with Gasteiger partial charge in [-0.3, -0.25) is 4.79 Å². The van der Waals surface area contributed by atoms with Crippen molar-refractivity contribution >= 4 is 5.91 Å². The zero-order chi connectivity index (χ0) is 10.6. The van der Waals surface area contributed by atoms with Gasteiger partial charge in [0.15, 0.2) is 0 Å². The smallest absolute Gasteiger partial charge is 0.225 e. The Labute approximate surface area is 86.8 Å². The van der Waals surface area contributed by atoms with E-state index in [0.29, 0.717) is 6.54 Å². The molecule has 0 saturated heterocycles. The summed E-state index contributed by atoms with van der Waals surface area (Å²) < 4.78 is 0. The van der Waals surface area contributed by atoms with Gasteiger partial charge >= 0.3 is 0 Å². The second kappa shape index (κ2) is 4.27. The molecule has 0 atom stereocenters. The van der Waals surface area contributed by atoms with Crippen LogP contribution in [0.1, 0.15) is 27.8 Å². The molecule has 0 heterocycles. The van der Waals surface area contributed by atoms with Crippen molar-refractivity contribution < 1.29 is 6.22 Å². The monoisotopic (exact) mass is 193 g/mol. The van der Waals surface area contributed by atoms with Crippen LogP contribution >= 0.6 is 0 Å². The van der Waals surface area contributed by atoms with Crippen molar-refractivity contribution in [3.63, 3.8) is 0 Å². The summed E-state index contributed by atoms with van der Waals surface area (Å²) in [7, 11) is 0. The van der Waals surface area contributed by atoms with Crippen molar-refractivity contribution in [1.29, 1.82) is 0 Å². The average molecular weight is 193 g/mol. The van der Waals surface area contributed by atoms with Gasteiger partial charge in [-0.2, -0.15) is 0 Å². The summed E-state index contributed by atoms with van der Waals surface area (Å²) >= 11 is 0. The van der Waals surface area contributed by atoms with Crippen LogP contribution in [0.4, 0.5) is 0 Å². The van der Waals surface area contributed by atoms with Crippen LogP contribution in [-0.2, 0) is 11.3 Å². The molecule has 1 aromatic rings. The van der Waals surface area contributed by atoms with Crippen LogP contribution in [0.3, 0.4) is 0 Å². The number of hydrogen-bond acceptors (Lipinski definition) is 1. The first-order valence-electron chi connectivity index (χ1n) is 4.82. The second-order valence-corrected chi connectivity index (χ2v) is 4.42. The first-order valence-corrected chi connectivity index (χ1v) is 4.82.